The lowest BCUT2D eigenvalue weighted by Crippen LogP contribution is -2.35. The number of aliphatic hydroxyl groups excluding tert-OH is 1. The fraction of sp³-hybridized carbons (Fsp3) is 0.542. The molecule has 4 heterocycles. The first kappa shape index (κ1) is 23.3. The maximum absolute atomic E-state index is 12.3. The molecule has 3 aromatic heterocycles. The minimum Gasteiger partial charge on any atom is -0.454 e. The molecule has 1 aliphatic carbocycles. The number of hydrogen-bond donors (Lipinski definition) is 2. The quantitative estimate of drug-likeness (QED) is 0.506. The summed E-state index contributed by atoms with van der Waals surface area (Å²) < 4.78 is 30.7. The molecule has 2 fully saturated rings. The van der Waals surface area contributed by atoms with Gasteiger partial charge in [0.15, 0.2) is 11.4 Å². The Balaban J connectivity index is 1.57. The molecular formula is C24H30N4O5S. The molecule has 2 aliphatic rings. The topological polar surface area (TPSA) is 120 Å². The van der Waals surface area contributed by atoms with E-state index in [9.17, 15) is 9.32 Å². The van der Waals surface area contributed by atoms with Crippen molar-refractivity contribution in [1.29, 1.82) is 0 Å². The standard InChI is InChI=1S/C24H30N4O5S/c1-6-15-7-13-9-17(31-18(13)10-25-15)19-12(2)26-23(34(5)30)28-22(19)27-16-8-14(11-29)20-21(16)33-24(3,4)32-20/h7,9-10,14,16,20-21,29H,6,8,11H2,1-5H3,(H,26,27,28)/t14-,16-,20-,21+,34?/m1/s1. The van der Waals surface area contributed by atoms with Crippen LogP contribution in [0.5, 0.6) is 0 Å². The molecule has 0 bridgehead atoms. The molecule has 1 saturated carbocycles. The number of pyridine rings is 1. The molecule has 1 aliphatic heterocycles. The van der Waals surface area contributed by atoms with E-state index < -0.39 is 16.6 Å². The van der Waals surface area contributed by atoms with Crippen molar-refractivity contribution >= 4 is 27.6 Å². The number of nitrogens with one attached hydrogen (secondary N) is 1. The number of hydrogen-bond acceptors (Lipinski definition) is 9. The van der Waals surface area contributed by atoms with Crippen LogP contribution in [-0.4, -0.2) is 61.2 Å². The van der Waals surface area contributed by atoms with Gasteiger partial charge in [-0.15, -0.1) is 0 Å². The molecule has 0 amide bonds. The van der Waals surface area contributed by atoms with Gasteiger partial charge in [-0.1, -0.05) is 6.92 Å². The Labute approximate surface area is 200 Å². The largest absolute Gasteiger partial charge is 0.454 e. The van der Waals surface area contributed by atoms with Crippen molar-refractivity contribution in [3.63, 3.8) is 0 Å². The SMILES string of the molecule is CCc1cc2cc(-c3c(C)nc(S(C)=O)nc3N[C@@H]3C[C@H](CO)[C@H]4OC(C)(C)O[C@H]43)oc2cn1. The van der Waals surface area contributed by atoms with Gasteiger partial charge in [0.2, 0.25) is 5.16 Å². The molecule has 9 nitrogen and oxygen atoms in total. The van der Waals surface area contributed by atoms with Gasteiger partial charge in [0.05, 0.1) is 40.4 Å². The highest BCUT2D eigenvalue weighted by atomic mass is 32.2. The summed E-state index contributed by atoms with van der Waals surface area (Å²) in [7, 11) is -1.36. The first-order chi connectivity index (χ1) is 16.2. The number of furan rings is 1. The van der Waals surface area contributed by atoms with Crippen LogP contribution in [0.25, 0.3) is 22.3 Å². The van der Waals surface area contributed by atoms with Crippen molar-refractivity contribution in [2.24, 2.45) is 5.92 Å². The van der Waals surface area contributed by atoms with Crippen LogP contribution in [0, 0.1) is 12.8 Å². The summed E-state index contributed by atoms with van der Waals surface area (Å²) in [6, 6.07) is 3.82. The van der Waals surface area contributed by atoms with Crippen molar-refractivity contribution in [3.8, 4) is 11.3 Å². The smallest absolute Gasteiger partial charge is 0.220 e. The maximum atomic E-state index is 12.3. The monoisotopic (exact) mass is 486 g/mol. The molecule has 3 aromatic rings. The average Bonchev–Trinajstić information content (AvgIpc) is 3.43. The average molecular weight is 487 g/mol. The summed E-state index contributed by atoms with van der Waals surface area (Å²) >= 11 is 0. The Bertz CT molecular complexity index is 1260. The molecule has 34 heavy (non-hydrogen) atoms. The normalized spacial score (nSPS) is 26.6. The molecule has 5 rings (SSSR count). The number of fused-ring (bicyclic) bond motifs is 2. The van der Waals surface area contributed by atoms with Crippen LogP contribution in [0.2, 0.25) is 0 Å². The van der Waals surface area contributed by atoms with Gasteiger partial charge in [-0.25, -0.2) is 9.97 Å². The summed E-state index contributed by atoms with van der Waals surface area (Å²) in [6.07, 6.45) is 4.30. The van der Waals surface area contributed by atoms with E-state index in [4.69, 9.17) is 13.9 Å². The highest BCUT2D eigenvalue weighted by molar-refractivity contribution is 7.84. The van der Waals surface area contributed by atoms with E-state index in [1.54, 1.807) is 12.5 Å². The van der Waals surface area contributed by atoms with Crippen molar-refractivity contribution in [1.82, 2.24) is 15.0 Å². The van der Waals surface area contributed by atoms with Crippen molar-refractivity contribution in [3.05, 3.63) is 29.7 Å². The molecular weight excluding hydrogens is 456 g/mol. The maximum Gasteiger partial charge on any atom is 0.220 e. The van der Waals surface area contributed by atoms with Gasteiger partial charge >= 0.3 is 0 Å². The summed E-state index contributed by atoms with van der Waals surface area (Å²) in [6.45, 7) is 7.68. The van der Waals surface area contributed by atoms with Crippen LogP contribution in [0.4, 0.5) is 5.82 Å². The highest BCUT2D eigenvalue weighted by Crippen LogP contribution is 2.43. The second-order valence-electron chi connectivity index (χ2n) is 9.44. The first-order valence-corrected chi connectivity index (χ1v) is 13.1. The minimum absolute atomic E-state index is 0.00894. The lowest BCUT2D eigenvalue weighted by atomic mass is 10.1. The third-order valence-electron chi connectivity index (χ3n) is 6.53. The second kappa shape index (κ2) is 8.67. The minimum atomic E-state index is -1.36. The zero-order valence-electron chi connectivity index (χ0n) is 20.0. The zero-order chi connectivity index (χ0) is 24.2. The number of aliphatic hydroxyl groups is 1. The molecule has 1 unspecified atom stereocenters. The van der Waals surface area contributed by atoms with Crippen molar-refractivity contribution in [2.75, 3.05) is 18.2 Å². The Kier molecular flexibility index (Phi) is 5.96. The predicted molar refractivity (Wildman–Crippen MR) is 128 cm³/mol. The zero-order valence-corrected chi connectivity index (χ0v) is 20.8. The van der Waals surface area contributed by atoms with Gasteiger partial charge < -0.3 is 24.3 Å². The van der Waals surface area contributed by atoms with E-state index >= 15 is 0 Å². The van der Waals surface area contributed by atoms with Crippen LogP contribution in [-0.2, 0) is 26.7 Å². The van der Waals surface area contributed by atoms with Crippen LogP contribution in [0.1, 0.15) is 38.6 Å². The Morgan fingerprint density at radius 1 is 1.24 bits per heavy atom. The van der Waals surface area contributed by atoms with Crippen LogP contribution >= 0.6 is 0 Å². The third kappa shape index (κ3) is 4.13. The predicted octanol–water partition coefficient (Wildman–Crippen LogP) is 3.21. The molecule has 0 spiro atoms. The third-order valence-corrected chi connectivity index (χ3v) is 7.23. The summed E-state index contributed by atoms with van der Waals surface area (Å²) in [5.74, 6) is 0.346. The van der Waals surface area contributed by atoms with E-state index in [0.717, 1.165) is 17.5 Å². The lowest BCUT2D eigenvalue weighted by Gasteiger charge is -2.24. The molecule has 1 saturated heterocycles. The van der Waals surface area contributed by atoms with Gasteiger partial charge in [0.25, 0.3) is 0 Å². The van der Waals surface area contributed by atoms with Gasteiger partial charge in [0.1, 0.15) is 17.7 Å². The lowest BCUT2D eigenvalue weighted by molar-refractivity contribution is -0.158. The fourth-order valence-electron chi connectivity index (χ4n) is 4.97. The van der Waals surface area contributed by atoms with E-state index in [0.29, 0.717) is 34.8 Å². The summed E-state index contributed by atoms with van der Waals surface area (Å²) in [4.78, 5) is 13.5. The van der Waals surface area contributed by atoms with E-state index in [1.165, 1.54) is 0 Å². The Morgan fingerprint density at radius 2 is 2.00 bits per heavy atom. The van der Waals surface area contributed by atoms with Gasteiger partial charge in [0, 0.05) is 29.9 Å². The van der Waals surface area contributed by atoms with E-state index in [2.05, 4.69) is 27.2 Å². The van der Waals surface area contributed by atoms with Crippen LogP contribution in [0.15, 0.2) is 27.9 Å². The first-order valence-electron chi connectivity index (χ1n) is 11.5. The number of ether oxygens (including phenoxy) is 2. The number of aryl methyl sites for hydroxylation is 2. The molecule has 2 N–H and O–H groups in total. The number of rotatable bonds is 6. The Morgan fingerprint density at radius 3 is 2.71 bits per heavy atom. The summed E-state index contributed by atoms with van der Waals surface area (Å²) in [5, 5.41) is 14.6. The van der Waals surface area contributed by atoms with Crippen molar-refractivity contribution in [2.45, 2.75) is 69.7 Å². The highest BCUT2D eigenvalue weighted by Gasteiger charge is 2.54. The number of nitrogens with zero attached hydrogens (tertiary/aromatic N) is 3. The molecule has 0 radical (unpaired) electrons. The second-order valence-corrected chi connectivity index (χ2v) is 10.7. The van der Waals surface area contributed by atoms with E-state index in [1.807, 2.05) is 32.9 Å². The molecule has 10 heteroatoms. The fourth-order valence-corrected chi connectivity index (χ4v) is 5.45. The van der Waals surface area contributed by atoms with E-state index in [-0.39, 0.29) is 35.9 Å². The molecule has 5 atom stereocenters. The molecule has 182 valence electrons. The number of aromatic nitrogens is 3. The Hall–Kier alpha value is -2.40. The van der Waals surface area contributed by atoms with Gasteiger partial charge in [-0.3, -0.25) is 9.19 Å². The van der Waals surface area contributed by atoms with Crippen molar-refractivity contribution < 1.29 is 23.2 Å². The number of anilines is 1. The molecule has 0 aromatic carbocycles. The van der Waals surface area contributed by atoms with Crippen LogP contribution < -0.4 is 5.32 Å². The van der Waals surface area contributed by atoms with Crippen LogP contribution in [0.3, 0.4) is 0 Å². The van der Waals surface area contributed by atoms with Gasteiger partial charge in [-0.2, -0.15) is 0 Å². The summed E-state index contributed by atoms with van der Waals surface area (Å²) in [5.41, 5.74) is 3.01. The van der Waals surface area contributed by atoms with Gasteiger partial charge in [-0.05, 0) is 45.7 Å².